The predicted molar refractivity (Wildman–Crippen MR) is 60.0 cm³/mol. The van der Waals surface area contributed by atoms with Gasteiger partial charge in [-0.2, -0.15) is 0 Å². The van der Waals surface area contributed by atoms with E-state index in [1.165, 1.54) is 0 Å². The number of carboxylic acids is 1. The van der Waals surface area contributed by atoms with Gasteiger partial charge in [0.15, 0.2) is 0 Å². The standard InChI is InChI=1S/C11H23NO3/c1-9(2)8-15-7-6-12(5)11(3,4)10(13)14/h9H,6-8H2,1-5H3,(H,13,14). The molecule has 0 aromatic rings. The van der Waals surface area contributed by atoms with Crippen LogP contribution in [0, 0.1) is 5.92 Å². The Labute approximate surface area is 92.2 Å². The molecule has 0 fully saturated rings. The summed E-state index contributed by atoms with van der Waals surface area (Å²) in [5.74, 6) is -0.295. The first-order valence-electron chi connectivity index (χ1n) is 5.31. The van der Waals surface area contributed by atoms with E-state index < -0.39 is 11.5 Å². The highest BCUT2D eigenvalue weighted by Gasteiger charge is 2.31. The highest BCUT2D eigenvalue weighted by atomic mass is 16.5. The third-order valence-electron chi connectivity index (χ3n) is 2.50. The summed E-state index contributed by atoms with van der Waals surface area (Å²) in [5.41, 5.74) is -0.832. The van der Waals surface area contributed by atoms with Gasteiger partial charge in [-0.1, -0.05) is 13.8 Å². The van der Waals surface area contributed by atoms with E-state index in [1.807, 2.05) is 0 Å². The van der Waals surface area contributed by atoms with Crippen molar-refractivity contribution in [2.24, 2.45) is 5.92 Å². The normalized spacial score (nSPS) is 12.5. The lowest BCUT2D eigenvalue weighted by atomic mass is 10.0. The summed E-state index contributed by atoms with van der Waals surface area (Å²) in [6.07, 6.45) is 0. The molecule has 0 saturated carbocycles. The average Bonchev–Trinajstić information content (AvgIpc) is 2.11. The largest absolute Gasteiger partial charge is 0.480 e. The molecule has 0 bridgehead atoms. The Kier molecular flexibility index (Phi) is 5.83. The minimum absolute atomic E-state index is 0.516. The number of likely N-dealkylation sites (N-methyl/N-ethyl adjacent to an activating group) is 1. The minimum atomic E-state index is -0.832. The van der Waals surface area contributed by atoms with Crippen molar-refractivity contribution in [2.45, 2.75) is 33.2 Å². The van der Waals surface area contributed by atoms with Crippen molar-refractivity contribution in [2.75, 3.05) is 26.8 Å². The number of rotatable bonds is 7. The molecular weight excluding hydrogens is 194 g/mol. The fraction of sp³-hybridized carbons (Fsp3) is 0.909. The third-order valence-corrected chi connectivity index (χ3v) is 2.50. The van der Waals surface area contributed by atoms with Crippen LogP contribution in [0.25, 0.3) is 0 Å². The van der Waals surface area contributed by atoms with Crippen molar-refractivity contribution in [3.05, 3.63) is 0 Å². The third kappa shape index (κ3) is 5.14. The lowest BCUT2D eigenvalue weighted by Crippen LogP contribution is -2.49. The maximum atomic E-state index is 10.9. The average molecular weight is 217 g/mol. The second-order valence-corrected chi connectivity index (χ2v) is 4.75. The SMILES string of the molecule is CC(C)COCCN(C)C(C)(C)C(=O)O. The van der Waals surface area contributed by atoms with Crippen LogP contribution in [-0.2, 0) is 9.53 Å². The minimum Gasteiger partial charge on any atom is -0.480 e. The molecule has 15 heavy (non-hydrogen) atoms. The summed E-state index contributed by atoms with van der Waals surface area (Å²) in [7, 11) is 1.80. The summed E-state index contributed by atoms with van der Waals surface area (Å²) in [6.45, 7) is 9.49. The molecule has 4 nitrogen and oxygen atoms in total. The van der Waals surface area contributed by atoms with E-state index in [9.17, 15) is 4.79 Å². The molecule has 0 aromatic carbocycles. The first-order valence-corrected chi connectivity index (χ1v) is 5.31. The van der Waals surface area contributed by atoms with E-state index in [-0.39, 0.29) is 0 Å². The van der Waals surface area contributed by atoms with Crippen molar-refractivity contribution in [1.29, 1.82) is 0 Å². The van der Waals surface area contributed by atoms with Gasteiger partial charge in [-0.25, -0.2) is 0 Å². The zero-order valence-corrected chi connectivity index (χ0v) is 10.4. The van der Waals surface area contributed by atoms with Crippen LogP contribution < -0.4 is 0 Å². The Morgan fingerprint density at radius 2 is 2.00 bits per heavy atom. The van der Waals surface area contributed by atoms with Crippen molar-refractivity contribution < 1.29 is 14.6 Å². The summed E-state index contributed by atoms with van der Waals surface area (Å²) in [5, 5.41) is 8.97. The molecule has 0 radical (unpaired) electrons. The van der Waals surface area contributed by atoms with Crippen molar-refractivity contribution in [3.8, 4) is 0 Å². The maximum Gasteiger partial charge on any atom is 0.323 e. The number of carbonyl (C=O) groups is 1. The van der Waals surface area contributed by atoms with Crippen molar-refractivity contribution in [1.82, 2.24) is 4.90 Å². The molecule has 0 atom stereocenters. The molecule has 0 aliphatic heterocycles. The molecule has 0 spiro atoms. The van der Waals surface area contributed by atoms with Crippen molar-refractivity contribution in [3.63, 3.8) is 0 Å². The maximum absolute atomic E-state index is 10.9. The molecule has 1 N–H and O–H groups in total. The van der Waals surface area contributed by atoms with Crippen LogP contribution in [-0.4, -0.2) is 48.3 Å². The molecule has 0 amide bonds. The number of hydrogen-bond donors (Lipinski definition) is 1. The second kappa shape index (κ2) is 6.08. The van der Waals surface area contributed by atoms with Crippen LogP contribution in [0.4, 0.5) is 0 Å². The molecular formula is C11H23NO3. The monoisotopic (exact) mass is 217 g/mol. The summed E-state index contributed by atoms with van der Waals surface area (Å²) >= 11 is 0. The van der Waals surface area contributed by atoms with Gasteiger partial charge in [0.2, 0.25) is 0 Å². The van der Waals surface area contributed by atoms with Gasteiger partial charge in [0.25, 0.3) is 0 Å². The molecule has 4 heteroatoms. The van der Waals surface area contributed by atoms with Gasteiger partial charge >= 0.3 is 5.97 Å². The van der Waals surface area contributed by atoms with Gasteiger partial charge in [-0.05, 0) is 26.8 Å². The van der Waals surface area contributed by atoms with Crippen LogP contribution in [0.15, 0.2) is 0 Å². The molecule has 0 unspecified atom stereocenters. The Hall–Kier alpha value is -0.610. The first kappa shape index (κ1) is 14.4. The van der Waals surface area contributed by atoms with E-state index in [0.29, 0.717) is 19.1 Å². The summed E-state index contributed by atoms with van der Waals surface area (Å²) in [6, 6.07) is 0. The van der Waals surface area contributed by atoms with Crippen LogP contribution in [0.5, 0.6) is 0 Å². The molecule has 0 rings (SSSR count). The highest BCUT2D eigenvalue weighted by molar-refractivity contribution is 5.77. The molecule has 0 saturated heterocycles. The van der Waals surface area contributed by atoms with Gasteiger partial charge in [0.05, 0.1) is 6.61 Å². The van der Waals surface area contributed by atoms with Crippen LogP contribution in [0.1, 0.15) is 27.7 Å². The number of nitrogens with zero attached hydrogens (tertiary/aromatic N) is 1. The number of ether oxygens (including phenoxy) is 1. The van der Waals surface area contributed by atoms with E-state index in [0.717, 1.165) is 6.61 Å². The number of carboxylic acid groups (broad SMARTS) is 1. The number of hydrogen-bond acceptors (Lipinski definition) is 3. The zero-order chi connectivity index (χ0) is 12.1. The van der Waals surface area contributed by atoms with Gasteiger partial charge in [-0.3, -0.25) is 9.69 Å². The fourth-order valence-corrected chi connectivity index (χ4v) is 0.963. The zero-order valence-electron chi connectivity index (χ0n) is 10.4. The second-order valence-electron chi connectivity index (χ2n) is 4.75. The summed E-state index contributed by atoms with van der Waals surface area (Å²) in [4.78, 5) is 12.7. The van der Waals surface area contributed by atoms with E-state index in [1.54, 1.807) is 25.8 Å². The van der Waals surface area contributed by atoms with Crippen LogP contribution in [0.2, 0.25) is 0 Å². The first-order chi connectivity index (χ1) is 6.78. The van der Waals surface area contributed by atoms with Gasteiger partial charge < -0.3 is 9.84 Å². The molecule has 0 aromatic heterocycles. The summed E-state index contributed by atoms with van der Waals surface area (Å²) < 4.78 is 5.41. The van der Waals surface area contributed by atoms with Gasteiger partial charge in [0.1, 0.15) is 5.54 Å². The number of aliphatic carboxylic acids is 1. The van der Waals surface area contributed by atoms with E-state index in [4.69, 9.17) is 9.84 Å². The fourth-order valence-electron chi connectivity index (χ4n) is 0.963. The Morgan fingerprint density at radius 1 is 1.47 bits per heavy atom. The highest BCUT2D eigenvalue weighted by Crippen LogP contribution is 2.11. The lowest BCUT2D eigenvalue weighted by Gasteiger charge is -2.31. The predicted octanol–water partition coefficient (Wildman–Crippen LogP) is 1.45. The van der Waals surface area contributed by atoms with Gasteiger partial charge in [0, 0.05) is 13.2 Å². The van der Waals surface area contributed by atoms with E-state index >= 15 is 0 Å². The molecule has 90 valence electrons. The molecule has 0 aliphatic rings. The van der Waals surface area contributed by atoms with E-state index in [2.05, 4.69) is 13.8 Å². The lowest BCUT2D eigenvalue weighted by molar-refractivity contribution is -0.148. The quantitative estimate of drug-likeness (QED) is 0.656. The molecule has 0 aliphatic carbocycles. The van der Waals surface area contributed by atoms with Crippen molar-refractivity contribution >= 4 is 5.97 Å². The van der Waals surface area contributed by atoms with Crippen LogP contribution in [0.3, 0.4) is 0 Å². The van der Waals surface area contributed by atoms with Crippen LogP contribution >= 0.6 is 0 Å². The Balaban J connectivity index is 3.83. The smallest absolute Gasteiger partial charge is 0.323 e. The topological polar surface area (TPSA) is 49.8 Å². The Bertz CT molecular complexity index is 202. The molecule has 0 heterocycles. The van der Waals surface area contributed by atoms with Gasteiger partial charge in [-0.15, -0.1) is 0 Å². The Morgan fingerprint density at radius 3 is 2.40 bits per heavy atom.